The third-order valence-corrected chi connectivity index (χ3v) is 3.94. The second-order valence-corrected chi connectivity index (χ2v) is 5.07. The van der Waals surface area contributed by atoms with E-state index in [0.717, 1.165) is 12.3 Å². The molecule has 0 heterocycles. The summed E-state index contributed by atoms with van der Waals surface area (Å²) in [6.07, 6.45) is 5.45. The summed E-state index contributed by atoms with van der Waals surface area (Å²) in [5.41, 5.74) is 0. The summed E-state index contributed by atoms with van der Waals surface area (Å²) < 4.78 is 0. The van der Waals surface area contributed by atoms with Crippen molar-refractivity contribution in [2.24, 2.45) is 17.8 Å². The van der Waals surface area contributed by atoms with Crippen LogP contribution in [-0.4, -0.2) is 23.5 Å². The van der Waals surface area contributed by atoms with Crippen LogP contribution in [-0.2, 0) is 9.59 Å². The van der Waals surface area contributed by atoms with Crippen LogP contribution in [0, 0.1) is 17.8 Å². The number of amides is 1. The zero-order chi connectivity index (χ0) is 11.5. The molecule has 2 rings (SSSR count). The Bertz CT molecular complexity index is 290. The zero-order valence-corrected chi connectivity index (χ0v) is 9.45. The van der Waals surface area contributed by atoms with Gasteiger partial charge in [-0.15, -0.1) is 0 Å². The molecule has 2 fully saturated rings. The van der Waals surface area contributed by atoms with Gasteiger partial charge in [-0.2, -0.15) is 0 Å². The first kappa shape index (κ1) is 11.4. The molecule has 0 saturated heterocycles. The first-order chi connectivity index (χ1) is 7.66. The number of rotatable bonds is 5. The molecule has 0 aliphatic heterocycles. The van der Waals surface area contributed by atoms with E-state index in [4.69, 9.17) is 5.11 Å². The van der Waals surface area contributed by atoms with Crippen molar-refractivity contribution in [2.75, 3.05) is 6.54 Å². The minimum atomic E-state index is -0.797. The van der Waals surface area contributed by atoms with Crippen LogP contribution < -0.4 is 5.32 Å². The van der Waals surface area contributed by atoms with Gasteiger partial charge in [-0.25, -0.2) is 0 Å². The van der Waals surface area contributed by atoms with Crippen molar-refractivity contribution in [1.82, 2.24) is 5.32 Å². The van der Waals surface area contributed by atoms with Gasteiger partial charge in [0.25, 0.3) is 0 Å². The van der Waals surface area contributed by atoms with Gasteiger partial charge in [0.15, 0.2) is 0 Å². The highest BCUT2D eigenvalue weighted by Crippen LogP contribution is 2.48. The molecular weight excluding hydrogens is 206 g/mol. The Morgan fingerprint density at radius 1 is 1.25 bits per heavy atom. The molecule has 0 aromatic rings. The van der Waals surface area contributed by atoms with Gasteiger partial charge >= 0.3 is 5.97 Å². The largest absolute Gasteiger partial charge is 0.481 e. The van der Waals surface area contributed by atoms with E-state index in [2.05, 4.69) is 5.32 Å². The summed E-state index contributed by atoms with van der Waals surface area (Å²) in [6, 6.07) is 0. The number of hydrogen-bond donors (Lipinski definition) is 2. The standard InChI is InChI=1S/C12H19NO3/c14-11(15)2-1-5-13-12(16)10-7-8-3-4-9(10)6-8/h8-10H,1-7H2,(H,13,16)(H,14,15). The average molecular weight is 225 g/mol. The number of carbonyl (C=O) groups is 2. The summed E-state index contributed by atoms with van der Waals surface area (Å²) in [5.74, 6) is 0.944. The van der Waals surface area contributed by atoms with E-state index in [9.17, 15) is 9.59 Å². The van der Waals surface area contributed by atoms with Crippen LogP contribution in [0.5, 0.6) is 0 Å². The van der Waals surface area contributed by atoms with E-state index in [1.807, 2.05) is 0 Å². The minimum Gasteiger partial charge on any atom is -0.481 e. The van der Waals surface area contributed by atoms with Crippen molar-refractivity contribution in [3.63, 3.8) is 0 Å². The highest BCUT2D eigenvalue weighted by Gasteiger charge is 2.42. The van der Waals surface area contributed by atoms with Crippen LogP contribution in [0.4, 0.5) is 0 Å². The number of fused-ring (bicyclic) bond motifs is 2. The zero-order valence-electron chi connectivity index (χ0n) is 9.45. The van der Waals surface area contributed by atoms with Crippen LogP contribution in [0.1, 0.15) is 38.5 Å². The smallest absolute Gasteiger partial charge is 0.303 e. The summed E-state index contributed by atoms with van der Waals surface area (Å²) in [7, 11) is 0. The van der Waals surface area contributed by atoms with E-state index >= 15 is 0 Å². The molecule has 0 spiro atoms. The summed E-state index contributed by atoms with van der Waals surface area (Å²) in [4.78, 5) is 22.1. The van der Waals surface area contributed by atoms with Crippen molar-refractivity contribution in [2.45, 2.75) is 38.5 Å². The molecule has 90 valence electrons. The molecule has 0 aromatic carbocycles. The highest BCUT2D eigenvalue weighted by atomic mass is 16.4. The lowest BCUT2D eigenvalue weighted by Crippen LogP contribution is -2.34. The van der Waals surface area contributed by atoms with Crippen molar-refractivity contribution in [3.05, 3.63) is 0 Å². The monoisotopic (exact) mass is 225 g/mol. The topological polar surface area (TPSA) is 66.4 Å². The molecule has 1 amide bonds. The number of hydrogen-bond acceptors (Lipinski definition) is 2. The number of carbonyl (C=O) groups excluding carboxylic acids is 1. The highest BCUT2D eigenvalue weighted by molar-refractivity contribution is 5.79. The Hall–Kier alpha value is -1.06. The second-order valence-electron chi connectivity index (χ2n) is 5.07. The number of nitrogens with one attached hydrogen (secondary N) is 1. The Kier molecular flexibility index (Phi) is 3.46. The van der Waals surface area contributed by atoms with Gasteiger partial charge in [0, 0.05) is 18.9 Å². The first-order valence-corrected chi connectivity index (χ1v) is 6.16. The Morgan fingerprint density at radius 2 is 2.06 bits per heavy atom. The minimum absolute atomic E-state index is 0.136. The van der Waals surface area contributed by atoms with Crippen LogP contribution >= 0.6 is 0 Å². The maximum absolute atomic E-state index is 11.8. The lowest BCUT2D eigenvalue weighted by molar-refractivity contribution is -0.137. The SMILES string of the molecule is O=C(O)CCCNC(=O)C1CC2CCC1C2. The molecule has 4 nitrogen and oxygen atoms in total. The Morgan fingerprint density at radius 3 is 2.62 bits per heavy atom. The van der Waals surface area contributed by atoms with Gasteiger partial charge in [-0.3, -0.25) is 9.59 Å². The fraction of sp³-hybridized carbons (Fsp3) is 0.833. The molecule has 2 aliphatic carbocycles. The Labute approximate surface area is 95.4 Å². The molecule has 2 N–H and O–H groups in total. The predicted octanol–water partition coefficient (Wildman–Crippen LogP) is 1.40. The van der Waals surface area contributed by atoms with E-state index in [1.165, 1.54) is 19.3 Å². The summed E-state index contributed by atoms with van der Waals surface area (Å²) in [6.45, 7) is 0.499. The Balaban J connectivity index is 1.66. The molecule has 0 radical (unpaired) electrons. The van der Waals surface area contributed by atoms with Gasteiger partial charge < -0.3 is 10.4 Å². The van der Waals surface area contributed by atoms with E-state index in [0.29, 0.717) is 18.9 Å². The molecule has 4 heteroatoms. The maximum atomic E-state index is 11.8. The number of aliphatic carboxylic acids is 1. The molecule has 16 heavy (non-hydrogen) atoms. The third-order valence-electron chi connectivity index (χ3n) is 3.94. The third kappa shape index (κ3) is 2.54. The predicted molar refractivity (Wildman–Crippen MR) is 58.8 cm³/mol. The molecule has 2 bridgehead atoms. The van der Waals surface area contributed by atoms with Gasteiger partial charge in [0.2, 0.25) is 5.91 Å². The maximum Gasteiger partial charge on any atom is 0.303 e. The number of carboxylic acid groups (broad SMARTS) is 1. The van der Waals surface area contributed by atoms with Crippen molar-refractivity contribution >= 4 is 11.9 Å². The molecule has 2 saturated carbocycles. The quantitative estimate of drug-likeness (QED) is 0.695. The molecule has 3 unspecified atom stereocenters. The lowest BCUT2D eigenvalue weighted by Gasteiger charge is -2.20. The fourth-order valence-corrected chi connectivity index (χ4v) is 3.15. The molecule has 3 atom stereocenters. The summed E-state index contributed by atoms with van der Waals surface area (Å²) >= 11 is 0. The van der Waals surface area contributed by atoms with Gasteiger partial charge in [-0.05, 0) is 37.5 Å². The normalized spacial score (nSPS) is 31.6. The van der Waals surface area contributed by atoms with Gasteiger partial charge in [0.05, 0.1) is 0 Å². The van der Waals surface area contributed by atoms with Gasteiger partial charge in [0.1, 0.15) is 0 Å². The van der Waals surface area contributed by atoms with E-state index in [1.54, 1.807) is 0 Å². The van der Waals surface area contributed by atoms with Crippen LogP contribution in [0.25, 0.3) is 0 Å². The first-order valence-electron chi connectivity index (χ1n) is 6.16. The second kappa shape index (κ2) is 4.85. The van der Waals surface area contributed by atoms with Crippen LogP contribution in [0.15, 0.2) is 0 Å². The molecule has 0 aromatic heterocycles. The van der Waals surface area contributed by atoms with Crippen LogP contribution in [0.2, 0.25) is 0 Å². The van der Waals surface area contributed by atoms with Crippen molar-refractivity contribution in [1.29, 1.82) is 0 Å². The summed E-state index contributed by atoms with van der Waals surface area (Å²) in [5, 5.41) is 11.3. The fourth-order valence-electron chi connectivity index (χ4n) is 3.15. The average Bonchev–Trinajstić information content (AvgIpc) is 2.85. The van der Waals surface area contributed by atoms with E-state index in [-0.39, 0.29) is 18.2 Å². The lowest BCUT2D eigenvalue weighted by atomic mass is 9.88. The van der Waals surface area contributed by atoms with Crippen molar-refractivity contribution < 1.29 is 14.7 Å². The number of carboxylic acids is 1. The molecular formula is C12H19NO3. The van der Waals surface area contributed by atoms with Gasteiger partial charge in [-0.1, -0.05) is 6.42 Å². The van der Waals surface area contributed by atoms with E-state index < -0.39 is 5.97 Å². The molecule has 2 aliphatic rings. The van der Waals surface area contributed by atoms with Crippen molar-refractivity contribution in [3.8, 4) is 0 Å². The van der Waals surface area contributed by atoms with Crippen LogP contribution in [0.3, 0.4) is 0 Å².